The maximum Gasteiger partial charge on any atom is 0.269 e. The molecule has 3 rings (SSSR count). The second kappa shape index (κ2) is 7.75. The molecule has 1 saturated heterocycles. The van der Waals surface area contributed by atoms with Crippen LogP contribution in [0.3, 0.4) is 0 Å². The summed E-state index contributed by atoms with van der Waals surface area (Å²) >= 11 is 0. The molecule has 0 saturated carbocycles. The number of nitro benzene ring substituents is 1. The van der Waals surface area contributed by atoms with Gasteiger partial charge in [-0.1, -0.05) is 0 Å². The fourth-order valence-corrected chi connectivity index (χ4v) is 4.31. The predicted molar refractivity (Wildman–Crippen MR) is 98.9 cm³/mol. The number of piperazine rings is 1. The van der Waals surface area contributed by atoms with Gasteiger partial charge < -0.3 is 4.90 Å². The lowest BCUT2D eigenvalue weighted by Gasteiger charge is -2.34. The number of hydrogen-bond acceptors (Lipinski definition) is 6. The topological polar surface area (TPSA) is 125 Å². The predicted octanol–water partition coefficient (Wildman–Crippen LogP) is 1.61. The summed E-state index contributed by atoms with van der Waals surface area (Å²) in [6, 6.07) is 13.0. The normalized spacial score (nSPS) is 15.0. The number of carbonyl (C=O) groups excluding carboxylic acids is 1. The van der Waals surface area contributed by atoms with Gasteiger partial charge in [0.25, 0.3) is 11.6 Å². The van der Waals surface area contributed by atoms with Crippen molar-refractivity contribution in [1.82, 2.24) is 9.21 Å². The van der Waals surface area contributed by atoms with Crippen molar-refractivity contribution in [1.29, 1.82) is 5.26 Å². The average molecular weight is 400 g/mol. The SMILES string of the molecule is N#Cc1ccc(C(=O)N2CCN(S(=O)(=O)c3ccc([N+](=O)[O-])cc3)CC2)cc1. The largest absolute Gasteiger partial charge is 0.336 e. The third-order valence-electron chi connectivity index (χ3n) is 4.47. The summed E-state index contributed by atoms with van der Waals surface area (Å²) in [5.74, 6) is -0.225. The number of non-ortho nitro benzene ring substituents is 1. The van der Waals surface area contributed by atoms with Crippen molar-refractivity contribution < 1.29 is 18.1 Å². The van der Waals surface area contributed by atoms with E-state index in [1.54, 1.807) is 29.2 Å². The van der Waals surface area contributed by atoms with Crippen molar-refractivity contribution >= 4 is 21.6 Å². The zero-order valence-corrected chi connectivity index (χ0v) is 15.5. The van der Waals surface area contributed by atoms with E-state index in [2.05, 4.69) is 0 Å². The van der Waals surface area contributed by atoms with E-state index in [1.165, 1.54) is 16.4 Å². The first kappa shape index (κ1) is 19.5. The van der Waals surface area contributed by atoms with Gasteiger partial charge >= 0.3 is 0 Å². The van der Waals surface area contributed by atoms with E-state index in [9.17, 15) is 23.3 Å². The molecule has 0 bridgehead atoms. The van der Waals surface area contributed by atoms with Crippen LogP contribution in [-0.4, -0.2) is 54.6 Å². The van der Waals surface area contributed by atoms with Gasteiger partial charge in [-0.2, -0.15) is 9.57 Å². The lowest BCUT2D eigenvalue weighted by atomic mass is 10.1. The number of nitro groups is 1. The Kier molecular flexibility index (Phi) is 5.39. The van der Waals surface area contributed by atoms with Crippen molar-refractivity contribution in [3.63, 3.8) is 0 Å². The molecule has 0 aromatic heterocycles. The third kappa shape index (κ3) is 3.85. The van der Waals surface area contributed by atoms with E-state index in [4.69, 9.17) is 5.26 Å². The van der Waals surface area contributed by atoms with E-state index in [0.717, 1.165) is 12.1 Å². The van der Waals surface area contributed by atoms with Crippen LogP contribution in [0.4, 0.5) is 5.69 Å². The van der Waals surface area contributed by atoms with Gasteiger partial charge in [0, 0.05) is 43.9 Å². The minimum absolute atomic E-state index is 0.0232. The quantitative estimate of drug-likeness (QED) is 0.567. The Morgan fingerprint density at radius 3 is 2.07 bits per heavy atom. The monoisotopic (exact) mass is 400 g/mol. The molecule has 0 unspecified atom stereocenters. The van der Waals surface area contributed by atoms with Crippen LogP contribution in [-0.2, 0) is 10.0 Å². The number of rotatable bonds is 4. The number of sulfonamides is 1. The number of nitrogens with zero attached hydrogens (tertiary/aromatic N) is 4. The van der Waals surface area contributed by atoms with Gasteiger partial charge in [0.1, 0.15) is 0 Å². The summed E-state index contributed by atoms with van der Waals surface area (Å²) < 4.78 is 26.7. The molecule has 1 aliphatic heterocycles. The van der Waals surface area contributed by atoms with Crippen molar-refractivity contribution in [3.8, 4) is 6.07 Å². The summed E-state index contributed by atoms with van der Waals surface area (Å²) in [5, 5.41) is 19.5. The molecule has 0 atom stereocenters. The van der Waals surface area contributed by atoms with Crippen LogP contribution in [0.25, 0.3) is 0 Å². The average Bonchev–Trinajstić information content (AvgIpc) is 2.73. The van der Waals surface area contributed by atoms with Crippen LogP contribution in [0.5, 0.6) is 0 Å². The highest BCUT2D eigenvalue weighted by Gasteiger charge is 2.30. The van der Waals surface area contributed by atoms with E-state index in [-0.39, 0.29) is 42.7 Å². The molecule has 0 aliphatic carbocycles. The van der Waals surface area contributed by atoms with Crippen molar-refractivity contribution in [2.75, 3.05) is 26.2 Å². The molecule has 0 spiro atoms. The van der Waals surface area contributed by atoms with Crippen LogP contribution in [0.2, 0.25) is 0 Å². The summed E-state index contributed by atoms with van der Waals surface area (Å²) in [6.45, 7) is 0.707. The molecule has 0 radical (unpaired) electrons. The van der Waals surface area contributed by atoms with Gasteiger partial charge in [-0.05, 0) is 36.4 Å². The molecule has 1 heterocycles. The minimum Gasteiger partial charge on any atom is -0.336 e. The Labute approximate surface area is 161 Å². The van der Waals surface area contributed by atoms with E-state index in [0.29, 0.717) is 11.1 Å². The van der Waals surface area contributed by atoms with Gasteiger partial charge in [-0.3, -0.25) is 14.9 Å². The number of carbonyl (C=O) groups is 1. The molecule has 28 heavy (non-hydrogen) atoms. The summed E-state index contributed by atoms with van der Waals surface area (Å²) in [7, 11) is -3.79. The summed E-state index contributed by atoms with van der Waals surface area (Å²) in [5.41, 5.74) is 0.706. The van der Waals surface area contributed by atoms with Gasteiger partial charge in [-0.25, -0.2) is 8.42 Å². The van der Waals surface area contributed by atoms with E-state index in [1.807, 2.05) is 6.07 Å². The van der Waals surface area contributed by atoms with Gasteiger partial charge in [-0.15, -0.1) is 0 Å². The lowest BCUT2D eigenvalue weighted by Crippen LogP contribution is -2.50. The fraction of sp³-hybridized carbons (Fsp3) is 0.222. The summed E-state index contributed by atoms with van der Waals surface area (Å²) in [4.78, 5) is 24.2. The lowest BCUT2D eigenvalue weighted by molar-refractivity contribution is -0.384. The number of nitriles is 1. The Balaban J connectivity index is 1.67. The number of benzene rings is 2. The highest BCUT2D eigenvalue weighted by Crippen LogP contribution is 2.21. The first-order valence-electron chi connectivity index (χ1n) is 8.37. The third-order valence-corrected chi connectivity index (χ3v) is 6.38. The minimum atomic E-state index is -3.79. The number of amides is 1. The Bertz CT molecular complexity index is 1030. The molecule has 9 nitrogen and oxygen atoms in total. The smallest absolute Gasteiger partial charge is 0.269 e. The Morgan fingerprint density at radius 1 is 1.00 bits per heavy atom. The second-order valence-corrected chi connectivity index (χ2v) is 8.07. The van der Waals surface area contributed by atoms with Gasteiger partial charge in [0.05, 0.1) is 21.5 Å². The van der Waals surface area contributed by atoms with Crippen LogP contribution in [0.1, 0.15) is 15.9 Å². The maximum absolute atomic E-state index is 12.7. The molecule has 0 N–H and O–H groups in total. The van der Waals surface area contributed by atoms with Crippen molar-refractivity contribution in [2.24, 2.45) is 0 Å². The Hall–Kier alpha value is -3.29. The van der Waals surface area contributed by atoms with Crippen LogP contribution in [0.15, 0.2) is 53.4 Å². The fourth-order valence-electron chi connectivity index (χ4n) is 2.89. The highest BCUT2D eigenvalue weighted by molar-refractivity contribution is 7.89. The Morgan fingerprint density at radius 2 is 1.57 bits per heavy atom. The van der Waals surface area contributed by atoms with E-state index < -0.39 is 14.9 Å². The standard InChI is InChI=1S/C18H16N4O5S/c19-13-14-1-3-15(4-2-14)18(23)20-9-11-21(12-10-20)28(26,27)17-7-5-16(6-8-17)22(24)25/h1-8H,9-12H2. The molecule has 2 aromatic rings. The van der Waals surface area contributed by atoms with Crippen molar-refractivity contribution in [2.45, 2.75) is 4.90 Å². The zero-order chi connectivity index (χ0) is 20.3. The molecule has 1 amide bonds. The van der Waals surface area contributed by atoms with E-state index >= 15 is 0 Å². The molecule has 1 fully saturated rings. The first-order chi connectivity index (χ1) is 13.3. The van der Waals surface area contributed by atoms with Crippen LogP contribution >= 0.6 is 0 Å². The highest BCUT2D eigenvalue weighted by atomic mass is 32.2. The second-order valence-electron chi connectivity index (χ2n) is 6.14. The maximum atomic E-state index is 12.7. The summed E-state index contributed by atoms with van der Waals surface area (Å²) in [6.07, 6.45) is 0. The zero-order valence-electron chi connectivity index (χ0n) is 14.7. The molecular formula is C18H16N4O5S. The molecule has 2 aromatic carbocycles. The number of hydrogen-bond donors (Lipinski definition) is 0. The van der Waals surface area contributed by atoms with Gasteiger partial charge in [0.15, 0.2) is 0 Å². The van der Waals surface area contributed by atoms with Crippen LogP contribution in [0, 0.1) is 21.4 Å². The van der Waals surface area contributed by atoms with Crippen LogP contribution < -0.4 is 0 Å². The molecule has 10 heteroatoms. The first-order valence-corrected chi connectivity index (χ1v) is 9.81. The van der Waals surface area contributed by atoms with Crippen molar-refractivity contribution in [3.05, 3.63) is 69.8 Å². The van der Waals surface area contributed by atoms with Gasteiger partial charge in [0.2, 0.25) is 10.0 Å². The molecule has 144 valence electrons. The molecule has 1 aliphatic rings. The molecular weight excluding hydrogens is 384 g/mol.